The van der Waals surface area contributed by atoms with Gasteiger partial charge < -0.3 is 14.8 Å². The van der Waals surface area contributed by atoms with Gasteiger partial charge in [0, 0.05) is 6.04 Å². The van der Waals surface area contributed by atoms with Crippen molar-refractivity contribution in [2.24, 2.45) is 5.92 Å². The van der Waals surface area contributed by atoms with Gasteiger partial charge in [-0.15, -0.1) is 0 Å². The lowest BCUT2D eigenvalue weighted by atomic mass is 9.78. The monoisotopic (exact) mass is 424 g/mol. The summed E-state index contributed by atoms with van der Waals surface area (Å²) in [6.45, 7) is 7.10. The highest BCUT2D eigenvalue weighted by Gasteiger charge is 2.55. The molecule has 0 aliphatic carbocycles. The molecule has 0 aromatic heterocycles. The Kier molecular flexibility index (Phi) is 6.63. The largest absolute Gasteiger partial charge is 0.445 e. The van der Waals surface area contributed by atoms with E-state index in [0.717, 1.165) is 16.0 Å². The smallest absolute Gasteiger partial charge is 0.417 e. The number of β-lactam (4-membered cyclic amide) rings is 1. The minimum Gasteiger partial charge on any atom is -0.445 e. The molecule has 1 aliphatic rings. The van der Waals surface area contributed by atoms with Crippen LogP contribution in [0.4, 0.5) is 9.59 Å². The number of hydrogen-bond donors (Lipinski definition) is 1. The van der Waals surface area contributed by atoms with E-state index in [1.807, 2.05) is 60.7 Å². The minimum atomic E-state index is -0.727. The fourth-order valence-corrected chi connectivity index (χ4v) is 3.56. The molecule has 7 heteroatoms. The quantitative estimate of drug-likeness (QED) is 0.718. The average Bonchev–Trinajstić information content (AvgIpc) is 2.70. The average molecular weight is 424 g/mol. The van der Waals surface area contributed by atoms with Crippen molar-refractivity contribution in [3.05, 3.63) is 71.8 Å². The van der Waals surface area contributed by atoms with Gasteiger partial charge in [-0.25, -0.2) is 14.5 Å². The molecule has 7 nitrogen and oxygen atoms in total. The number of hydrogen-bond acceptors (Lipinski definition) is 5. The number of rotatable bonds is 5. The maximum absolute atomic E-state index is 12.9. The van der Waals surface area contributed by atoms with Gasteiger partial charge in [0.05, 0.1) is 12.0 Å². The zero-order valence-corrected chi connectivity index (χ0v) is 18.2. The lowest BCUT2D eigenvalue weighted by Crippen LogP contribution is -2.63. The molecule has 0 radical (unpaired) electrons. The van der Waals surface area contributed by atoms with Crippen LogP contribution in [-0.4, -0.2) is 34.6 Å². The Hall–Kier alpha value is -3.35. The Morgan fingerprint density at radius 1 is 1.03 bits per heavy atom. The van der Waals surface area contributed by atoms with Crippen LogP contribution in [0.15, 0.2) is 60.7 Å². The van der Waals surface area contributed by atoms with Crippen molar-refractivity contribution in [3.63, 3.8) is 0 Å². The number of carbonyl (C=O) groups is 3. The van der Waals surface area contributed by atoms with Gasteiger partial charge in [0.1, 0.15) is 12.2 Å². The highest BCUT2D eigenvalue weighted by Crippen LogP contribution is 2.42. The van der Waals surface area contributed by atoms with E-state index in [2.05, 4.69) is 5.32 Å². The van der Waals surface area contributed by atoms with Gasteiger partial charge in [-0.05, 0) is 38.8 Å². The highest BCUT2D eigenvalue weighted by atomic mass is 16.6. The molecule has 164 valence electrons. The van der Waals surface area contributed by atoms with Gasteiger partial charge in [0.25, 0.3) is 0 Å². The maximum atomic E-state index is 12.9. The third kappa shape index (κ3) is 5.42. The summed E-state index contributed by atoms with van der Waals surface area (Å²) in [4.78, 5) is 39.0. The standard InChI is InChI=1S/C24H28N2O5/c1-16(25-22(28)30-15-17-11-7-5-8-12-17)19-20(18-13-9-6-10-14-18)26(21(19)27)23(29)31-24(2,3)4/h5-14,16,19-20H,15H2,1-4H3,(H,25,28)/t16-,19+,20+/m0/s1. The van der Waals surface area contributed by atoms with Crippen LogP contribution in [0.25, 0.3) is 0 Å². The normalized spacial score (nSPS) is 19.2. The molecule has 0 bridgehead atoms. The van der Waals surface area contributed by atoms with E-state index in [1.54, 1.807) is 27.7 Å². The van der Waals surface area contributed by atoms with E-state index in [0.29, 0.717) is 0 Å². The maximum Gasteiger partial charge on any atom is 0.417 e. The summed E-state index contributed by atoms with van der Waals surface area (Å²) in [5.74, 6) is -1.00. The fourth-order valence-electron chi connectivity index (χ4n) is 3.56. The van der Waals surface area contributed by atoms with Gasteiger partial charge >= 0.3 is 12.2 Å². The Balaban J connectivity index is 1.70. The molecule has 0 spiro atoms. The summed E-state index contributed by atoms with van der Waals surface area (Å²) in [6, 6.07) is 17.5. The number of nitrogens with one attached hydrogen (secondary N) is 1. The second-order valence-electron chi connectivity index (χ2n) is 8.56. The van der Waals surface area contributed by atoms with Crippen molar-refractivity contribution in [2.45, 2.75) is 52.0 Å². The SMILES string of the molecule is C[C@H](NC(=O)OCc1ccccc1)[C@H]1C(=O)N(C(=O)OC(C)(C)C)[C@@H]1c1ccccc1. The number of alkyl carbamates (subject to hydrolysis) is 1. The molecule has 1 fully saturated rings. The third-order valence-corrected chi connectivity index (χ3v) is 4.97. The van der Waals surface area contributed by atoms with Crippen molar-refractivity contribution in [3.8, 4) is 0 Å². The van der Waals surface area contributed by atoms with Gasteiger partial charge in [0.2, 0.25) is 5.91 Å². The Morgan fingerprint density at radius 3 is 2.19 bits per heavy atom. The first-order valence-electron chi connectivity index (χ1n) is 10.3. The summed E-state index contributed by atoms with van der Waals surface area (Å²) < 4.78 is 10.7. The summed E-state index contributed by atoms with van der Waals surface area (Å²) in [5.41, 5.74) is 0.932. The van der Waals surface area contributed by atoms with Crippen LogP contribution >= 0.6 is 0 Å². The Labute approximate surface area is 182 Å². The fraction of sp³-hybridized carbons (Fsp3) is 0.375. The van der Waals surface area contributed by atoms with Crippen LogP contribution < -0.4 is 5.32 Å². The van der Waals surface area contributed by atoms with Crippen molar-refractivity contribution in [1.82, 2.24) is 10.2 Å². The topological polar surface area (TPSA) is 84.9 Å². The number of amides is 3. The lowest BCUT2D eigenvalue weighted by molar-refractivity contribution is -0.156. The predicted octanol–water partition coefficient (Wildman–Crippen LogP) is 4.44. The molecular weight excluding hydrogens is 396 g/mol. The molecule has 3 amide bonds. The summed E-state index contributed by atoms with van der Waals surface area (Å²) in [6.07, 6.45) is -1.31. The molecule has 1 N–H and O–H groups in total. The van der Waals surface area contributed by atoms with Crippen molar-refractivity contribution >= 4 is 18.1 Å². The number of nitrogens with zero attached hydrogens (tertiary/aromatic N) is 1. The van der Waals surface area contributed by atoms with E-state index >= 15 is 0 Å². The number of likely N-dealkylation sites (tertiary alicyclic amines) is 1. The molecule has 1 aliphatic heterocycles. The third-order valence-electron chi connectivity index (χ3n) is 4.97. The van der Waals surface area contributed by atoms with Crippen LogP contribution in [0.1, 0.15) is 44.9 Å². The first-order valence-corrected chi connectivity index (χ1v) is 10.3. The second-order valence-corrected chi connectivity index (χ2v) is 8.56. The Morgan fingerprint density at radius 2 is 1.61 bits per heavy atom. The minimum absolute atomic E-state index is 0.129. The molecule has 2 aromatic carbocycles. The molecule has 3 atom stereocenters. The second kappa shape index (κ2) is 9.20. The van der Waals surface area contributed by atoms with E-state index in [9.17, 15) is 14.4 Å². The number of ether oxygens (including phenoxy) is 2. The van der Waals surface area contributed by atoms with E-state index in [4.69, 9.17) is 9.47 Å². The van der Waals surface area contributed by atoms with Crippen molar-refractivity contribution in [1.29, 1.82) is 0 Å². The van der Waals surface area contributed by atoms with Crippen molar-refractivity contribution in [2.75, 3.05) is 0 Å². The van der Waals surface area contributed by atoms with Gasteiger partial charge in [0.15, 0.2) is 0 Å². The van der Waals surface area contributed by atoms with Crippen LogP contribution in [0.3, 0.4) is 0 Å². The van der Waals surface area contributed by atoms with Gasteiger partial charge in [-0.2, -0.15) is 0 Å². The molecule has 2 aromatic rings. The molecule has 3 rings (SSSR count). The first-order chi connectivity index (χ1) is 14.7. The number of carbonyl (C=O) groups excluding carboxylic acids is 3. The zero-order chi connectivity index (χ0) is 22.6. The molecular formula is C24H28N2O5. The molecule has 1 heterocycles. The summed E-state index contributed by atoms with van der Waals surface area (Å²) in [7, 11) is 0. The zero-order valence-electron chi connectivity index (χ0n) is 18.2. The Bertz CT molecular complexity index is 924. The number of imide groups is 1. The summed E-state index contributed by atoms with van der Waals surface area (Å²) >= 11 is 0. The predicted molar refractivity (Wildman–Crippen MR) is 115 cm³/mol. The van der Waals surface area contributed by atoms with Gasteiger partial charge in [-0.1, -0.05) is 60.7 Å². The highest BCUT2D eigenvalue weighted by molar-refractivity contribution is 6.00. The van der Waals surface area contributed by atoms with Crippen LogP contribution in [0.5, 0.6) is 0 Å². The molecule has 31 heavy (non-hydrogen) atoms. The van der Waals surface area contributed by atoms with E-state index in [-0.39, 0.29) is 12.5 Å². The molecule has 0 saturated carbocycles. The van der Waals surface area contributed by atoms with E-state index in [1.165, 1.54) is 0 Å². The van der Waals surface area contributed by atoms with Crippen LogP contribution in [0.2, 0.25) is 0 Å². The first kappa shape index (κ1) is 22.3. The lowest BCUT2D eigenvalue weighted by Gasteiger charge is -2.48. The molecule has 0 unspecified atom stereocenters. The van der Waals surface area contributed by atoms with Crippen molar-refractivity contribution < 1.29 is 23.9 Å². The molecule has 1 saturated heterocycles. The van der Waals surface area contributed by atoms with Gasteiger partial charge in [-0.3, -0.25) is 4.79 Å². The van der Waals surface area contributed by atoms with Crippen LogP contribution in [-0.2, 0) is 20.9 Å². The van der Waals surface area contributed by atoms with Crippen LogP contribution in [0, 0.1) is 5.92 Å². The van der Waals surface area contributed by atoms with E-state index < -0.39 is 35.8 Å². The summed E-state index contributed by atoms with van der Waals surface area (Å²) in [5, 5.41) is 2.73. The number of benzene rings is 2.